The van der Waals surface area contributed by atoms with E-state index in [1.54, 1.807) is 13.0 Å². The Morgan fingerprint density at radius 2 is 2.16 bits per heavy atom. The van der Waals surface area contributed by atoms with Crippen LogP contribution in [0.1, 0.15) is 28.7 Å². The van der Waals surface area contributed by atoms with Gasteiger partial charge in [0.05, 0.1) is 6.61 Å². The van der Waals surface area contributed by atoms with Crippen LogP contribution in [0.15, 0.2) is 36.4 Å². The Morgan fingerprint density at radius 3 is 2.84 bits per heavy atom. The maximum Gasteiger partial charge on any atom is 0.272 e. The van der Waals surface area contributed by atoms with Crippen molar-refractivity contribution in [1.29, 1.82) is 0 Å². The van der Waals surface area contributed by atoms with E-state index >= 15 is 0 Å². The second-order valence-electron chi connectivity index (χ2n) is 4.50. The Morgan fingerprint density at radius 1 is 1.42 bits per heavy atom. The van der Waals surface area contributed by atoms with Crippen molar-refractivity contribution in [2.24, 2.45) is 0 Å². The zero-order valence-electron chi connectivity index (χ0n) is 10.8. The zero-order valence-corrected chi connectivity index (χ0v) is 10.8. The fourth-order valence-electron chi connectivity index (χ4n) is 1.73. The summed E-state index contributed by atoms with van der Waals surface area (Å²) in [6.07, 6.45) is 0.705. The molecule has 0 saturated heterocycles. The summed E-state index contributed by atoms with van der Waals surface area (Å²) in [5.41, 5.74) is 2.38. The minimum Gasteiger partial charge on any atom is -0.394 e. The molecule has 1 amide bonds. The van der Waals surface area contributed by atoms with Gasteiger partial charge in [0, 0.05) is 18.2 Å². The Hall–Kier alpha value is -2.14. The monoisotopic (exact) mass is 259 g/mol. The summed E-state index contributed by atoms with van der Waals surface area (Å²) in [6, 6.07) is 11.4. The van der Waals surface area contributed by atoms with Crippen LogP contribution in [0.2, 0.25) is 0 Å². The molecule has 1 atom stereocenters. The van der Waals surface area contributed by atoms with E-state index in [4.69, 9.17) is 5.11 Å². The quantitative estimate of drug-likeness (QED) is 0.752. The summed E-state index contributed by atoms with van der Waals surface area (Å²) < 4.78 is 0. The van der Waals surface area contributed by atoms with Gasteiger partial charge in [-0.05, 0) is 18.6 Å². The third-order valence-corrected chi connectivity index (χ3v) is 2.75. The van der Waals surface area contributed by atoms with Crippen LogP contribution in [0.4, 0.5) is 0 Å². The van der Waals surface area contributed by atoms with Crippen LogP contribution in [0, 0.1) is 0 Å². The lowest BCUT2D eigenvalue weighted by Crippen LogP contribution is -2.35. The van der Waals surface area contributed by atoms with Gasteiger partial charge in [0.15, 0.2) is 0 Å². The maximum atomic E-state index is 11.8. The molecule has 0 spiro atoms. The summed E-state index contributed by atoms with van der Waals surface area (Å²) in [5, 5.41) is 18.4. The SMILES string of the molecule is C[C@H](CO)NC(=O)c1cc(Cc2ccccc2)[nH]n1. The largest absolute Gasteiger partial charge is 0.394 e. The molecule has 5 heteroatoms. The Labute approximate surface area is 111 Å². The molecule has 0 aliphatic carbocycles. The van der Waals surface area contributed by atoms with Crippen molar-refractivity contribution >= 4 is 5.91 Å². The fraction of sp³-hybridized carbons (Fsp3) is 0.286. The molecule has 0 bridgehead atoms. The standard InChI is InChI=1S/C14H17N3O2/c1-10(9-18)15-14(19)13-8-12(16-17-13)7-11-5-3-2-4-6-11/h2-6,8,10,18H,7,9H2,1H3,(H,15,19)(H,16,17)/t10-/m1/s1. The van der Waals surface area contributed by atoms with Crippen LogP contribution in [-0.4, -0.2) is 33.9 Å². The van der Waals surface area contributed by atoms with Gasteiger partial charge in [-0.2, -0.15) is 5.10 Å². The molecule has 0 aliphatic heterocycles. The normalized spacial score (nSPS) is 12.1. The molecule has 19 heavy (non-hydrogen) atoms. The molecule has 1 aromatic carbocycles. The van der Waals surface area contributed by atoms with Gasteiger partial charge in [0.25, 0.3) is 5.91 Å². The number of nitrogens with one attached hydrogen (secondary N) is 2. The average molecular weight is 259 g/mol. The van der Waals surface area contributed by atoms with E-state index in [-0.39, 0.29) is 18.6 Å². The molecule has 1 heterocycles. The first-order chi connectivity index (χ1) is 9.19. The van der Waals surface area contributed by atoms with Crippen molar-refractivity contribution in [3.05, 3.63) is 53.3 Å². The van der Waals surface area contributed by atoms with Crippen LogP contribution in [0.5, 0.6) is 0 Å². The van der Waals surface area contributed by atoms with Crippen LogP contribution in [0.3, 0.4) is 0 Å². The average Bonchev–Trinajstić information content (AvgIpc) is 2.88. The van der Waals surface area contributed by atoms with Crippen molar-refractivity contribution < 1.29 is 9.90 Å². The van der Waals surface area contributed by atoms with Crippen LogP contribution < -0.4 is 5.32 Å². The predicted octanol–water partition coefficient (Wildman–Crippen LogP) is 1.11. The highest BCUT2D eigenvalue weighted by Crippen LogP contribution is 2.08. The van der Waals surface area contributed by atoms with Crippen LogP contribution in [-0.2, 0) is 6.42 Å². The van der Waals surface area contributed by atoms with E-state index in [1.807, 2.05) is 30.3 Å². The molecule has 0 aliphatic rings. The molecule has 1 aromatic heterocycles. The fourth-order valence-corrected chi connectivity index (χ4v) is 1.73. The van der Waals surface area contributed by atoms with Gasteiger partial charge in [0.2, 0.25) is 0 Å². The van der Waals surface area contributed by atoms with Gasteiger partial charge in [-0.1, -0.05) is 30.3 Å². The molecule has 0 saturated carbocycles. The lowest BCUT2D eigenvalue weighted by molar-refractivity contribution is 0.0917. The number of aliphatic hydroxyl groups excluding tert-OH is 1. The van der Waals surface area contributed by atoms with Crippen molar-refractivity contribution in [3.63, 3.8) is 0 Å². The number of aromatic nitrogens is 2. The number of hydrogen-bond donors (Lipinski definition) is 3. The molecule has 3 N–H and O–H groups in total. The van der Waals surface area contributed by atoms with E-state index in [0.717, 1.165) is 11.3 Å². The van der Waals surface area contributed by atoms with Gasteiger partial charge in [0.1, 0.15) is 5.69 Å². The number of nitrogens with zero attached hydrogens (tertiary/aromatic N) is 1. The lowest BCUT2D eigenvalue weighted by Gasteiger charge is -2.08. The topological polar surface area (TPSA) is 78.0 Å². The molecule has 100 valence electrons. The van der Waals surface area contributed by atoms with E-state index in [2.05, 4.69) is 15.5 Å². The van der Waals surface area contributed by atoms with Gasteiger partial charge >= 0.3 is 0 Å². The van der Waals surface area contributed by atoms with Crippen molar-refractivity contribution in [1.82, 2.24) is 15.5 Å². The Kier molecular flexibility index (Phi) is 4.30. The second kappa shape index (κ2) is 6.15. The lowest BCUT2D eigenvalue weighted by atomic mass is 10.1. The summed E-state index contributed by atoms with van der Waals surface area (Å²) in [5.74, 6) is -0.280. The van der Waals surface area contributed by atoms with Crippen molar-refractivity contribution in [3.8, 4) is 0 Å². The van der Waals surface area contributed by atoms with Crippen LogP contribution >= 0.6 is 0 Å². The summed E-state index contributed by atoms with van der Waals surface area (Å²) in [4.78, 5) is 11.8. The zero-order chi connectivity index (χ0) is 13.7. The Balaban J connectivity index is 2.01. The number of aliphatic hydroxyl groups is 1. The number of H-pyrrole nitrogens is 1. The number of amides is 1. The van der Waals surface area contributed by atoms with E-state index < -0.39 is 0 Å². The maximum absolute atomic E-state index is 11.8. The highest BCUT2D eigenvalue weighted by Gasteiger charge is 2.12. The molecule has 5 nitrogen and oxygen atoms in total. The van der Waals surface area contributed by atoms with Gasteiger partial charge < -0.3 is 10.4 Å². The minimum absolute atomic E-state index is 0.0902. The van der Waals surface area contributed by atoms with E-state index in [0.29, 0.717) is 12.1 Å². The summed E-state index contributed by atoms with van der Waals surface area (Å²) in [7, 11) is 0. The number of rotatable bonds is 5. The van der Waals surface area contributed by atoms with Crippen molar-refractivity contribution in [2.75, 3.05) is 6.61 Å². The molecular formula is C14H17N3O2. The molecule has 2 rings (SSSR count). The molecule has 0 unspecified atom stereocenters. The number of benzene rings is 1. The van der Waals surface area contributed by atoms with E-state index in [1.165, 1.54) is 0 Å². The first-order valence-corrected chi connectivity index (χ1v) is 6.19. The van der Waals surface area contributed by atoms with Gasteiger partial charge in [-0.15, -0.1) is 0 Å². The smallest absolute Gasteiger partial charge is 0.272 e. The molecule has 0 radical (unpaired) electrons. The molecule has 2 aromatic rings. The summed E-state index contributed by atoms with van der Waals surface area (Å²) >= 11 is 0. The predicted molar refractivity (Wildman–Crippen MR) is 71.8 cm³/mol. The number of carbonyl (C=O) groups excluding carboxylic acids is 1. The Bertz CT molecular complexity index is 537. The van der Waals surface area contributed by atoms with Gasteiger partial charge in [-0.25, -0.2) is 0 Å². The first kappa shape index (κ1) is 13.3. The third kappa shape index (κ3) is 3.66. The minimum atomic E-state index is -0.280. The number of hydrogen-bond acceptors (Lipinski definition) is 3. The highest BCUT2D eigenvalue weighted by molar-refractivity contribution is 5.92. The first-order valence-electron chi connectivity index (χ1n) is 6.19. The number of carbonyl (C=O) groups is 1. The molecule has 0 fully saturated rings. The number of aromatic amines is 1. The summed E-state index contributed by atoms with van der Waals surface area (Å²) in [6.45, 7) is 1.64. The van der Waals surface area contributed by atoms with E-state index in [9.17, 15) is 4.79 Å². The van der Waals surface area contributed by atoms with Crippen LogP contribution in [0.25, 0.3) is 0 Å². The van der Waals surface area contributed by atoms with Gasteiger partial charge in [-0.3, -0.25) is 9.89 Å². The third-order valence-electron chi connectivity index (χ3n) is 2.75. The second-order valence-corrected chi connectivity index (χ2v) is 4.50. The molecular weight excluding hydrogens is 242 g/mol. The van der Waals surface area contributed by atoms with Crippen molar-refractivity contribution in [2.45, 2.75) is 19.4 Å². The highest BCUT2D eigenvalue weighted by atomic mass is 16.3.